The molecule has 2 rings (SSSR count). The molecule has 112 valence electrons. The van der Waals surface area contributed by atoms with Gasteiger partial charge >= 0.3 is 0 Å². The lowest BCUT2D eigenvalue weighted by Crippen LogP contribution is -2.30. The molecule has 0 saturated heterocycles. The molecule has 3 N–H and O–H groups in total. The standard InChI is InChI=1S/C15H15BrF2N2O/c1-21-14-6-5-9(7-12(14)17)8-13(20-19)10-3-2-4-11(16)15(10)18/h2-7,13,20H,8,19H2,1H3. The normalized spacial score (nSPS) is 12.2. The van der Waals surface area contributed by atoms with Crippen LogP contribution in [0.15, 0.2) is 40.9 Å². The summed E-state index contributed by atoms with van der Waals surface area (Å²) >= 11 is 3.14. The van der Waals surface area contributed by atoms with Gasteiger partial charge in [-0.3, -0.25) is 11.3 Å². The second kappa shape index (κ2) is 6.98. The number of benzene rings is 2. The summed E-state index contributed by atoms with van der Waals surface area (Å²) in [4.78, 5) is 0. The summed E-state index contributed by atoms with van der Waals surface area (Å²) in [6, 6.07) is 9.14. The van der Waals surface area contributed by atoms with Crippen LogP contribution in [0.3, 0.4) is 0 Å². The number of hydrogen-bond donors (Lipinski definition) is 2. The van der Waals surface area contributed by atoms with Crippen molar-refractivity contribution < 1.29 is 13.5 Å². The van der Waals surface area contributed by atoms with Gasteiger partial charge in [0.25, 0.3) is 0 Å². The zero-order valence-electron chi connectivity index (χ0n) is 11.4. The quantitative estimate of drug-likeness (QED) is 0.636. The van der Waals surface area contributed by atoms with Gasteiger partial charge in [0.1, 0.15) is 5.82 Å². The minimum atomic E-state index is -0.463. The van der Waals surface area contributed by atoms with Crippen molar-refractivity contribution in [1.82, 2.24) is 5.43 Å². The second-order valence-electron chi connectivity index (χ2n) is 4.54. The van der Waals surface area contributed by atoms with Crippen LogP contribution in [0.5, 0.6) is 5.75 Å². The molecule has 0 heterocycles. The summed E-state index contributed by atoms with van der Waals surface area (Å²) in [6.45, 7) is 0. The van der Waals surface area contributed by atoms with E-state index in [9.17, 15) is 8.78 Å². The van der Waals surface area contributed by atoms with Crippen LogP contribution in [0, 0.1) is 11.6 Å². The maximum absolute atomic E-state index is 14.1. The Hall–Kier alpha value is -1.50. The van der Waals surface area contributed by atoms with Gasteiger partial charge in [-0.05, 0) is 46.1 Å². The molecule has 0 fully saturated rings. The van der Waals surface area contributed by atoms with Gasteiger partial charge in [0, 0.05) is 5.56 Å². The van der Waals surface area contributed by atoms with Crippen LogP contribution >= 0.6 is 15.9 Å². The first-order valence-electron chi connectivity index (χ1n) is 6.29. The van der Waals surface area contributed by atoms with E-state index in [-0.39, 0.29) is 11.6 Å². The fourth-order valence-corrected chi connectivity index (χ4v) is 2.50. The molecule has 2 aromatic carbocycles. The molecule has 21 heavy (non-hydrogen) atoms. The molecule has 3 nitrogen and oxygen atoms in total. The van der Waals surface area contributed by atoms with Crippen LogP contribution in [0.1, 0.15) is 17.2 Å². The van der Waals surface area contributed by atoms with Crippen molar-refractivity contribution >= 4 is 15.9 Å². The van der Waals surface area contributed by atoms with Crippen LogP contribution in [-0.2, 0) is 6.42 Å². The van der Waals surface area contributed by atoms with Gasteiger partial charge in [-0.15, -0.1) is 0 Å². The maximum Gasteiger partial charge on any atom is 0.165 e. The molecule has 0 aliphatic carbocycles. The topological polar surface area (TPSA) is 47.3 Å². The van der Waals surface area contributed by atoms with Gasteiger partial charge in [0.15, 0.2) is 11.6 Å². The van der Waals surface area contributed by atoms with Crippen LogP contribution in [0.25, 0.3) is 0 Å². The number of ether oxygens (including phenoxy) is 1. The van der Waals surface area contributed by atoms with Crippen molar-refractivity contribution in [2.45, 2.75) is 12.5 Å². The Morgan fingerprint density at radius 2 is 2.05 bits per heavy atom. The number of rotatable bonds is 5. The van der Waals surface area contributed by atoms with E-state index in [2.05, 4.69) is 21.4 Å². The summed E-state index contributed by atoms with van der Waals surface area (Å²) in [5.41, 5.74) is 3.68. The summed E-state index contributed by atoms with van der Waals surface area (Å²) in [7, 11) is 1.40. The number of hydrazine groups is 1. The molecular formula is C15H15BrF2N2O. The molecule has 6 heteroatoms. The van der Waals surface area contributed by atoms with Crippen molar-refractivity contribution in [3.05, 3.63) is 63.6 Å². The molecule has 2 aromatic rings. The highest BCUT2D eigenvalue weighted by Gasteiger charge is 2.17. The maximum atomic E-state index is 14.1. The van der Waals surface area contributed by atoms with Gasteiger partial charge in [-0.1, -0.05) is 18.2 Å². The lowest BCUT2D eigenvalue weighted by molar-refractivity contribution is 0.386. The first-order valence-corrected chi connectivity index (χ1v) is 7.08. The third-order valence-electron chi connectivity index (χ3n) is 3.21. The van der Waals surface area contributed by atoms with Gasteiger partial charge in [0.05, 0.1) is 17.6 Å². The number of nitrogens with two attached hydrogens (primary N) is 1. The minimum Gasteiger partial charge on any atom is -0.494 e. The predicted molar refractivity (Wildman–Crippen MR) is 80.8 cm³/mol. The van der Waals surface area contributed by atoms with Gasteiger partial charge in [-0.2, -0.15) is 0 Å². The number of nitrogens with one attached hydrogen (secondary N) is 1. The fourth-order valence-electron chi connectivity index (χ4n) is 2.12. The highest BCUT2D eigenvalue weighted by atomic mass is 79.9. The van der Waals surface area contributed by atoms with Crippen LogP contribution in [0.4, 0.5) is 8.78 Å². The van der Waals surface area contributed by atoms with Crippen molar-refractivity contribution in [2.24, 2.45) is 5.84 Å². The Morgan fingerprint density at radius 3 is 2.67 bits per heavy atom. The molecule has 0 aliphatic rings. The summed E-state index contributed by atoms with van der Waals surface area (Å²) in [5, 5.41) is 0. The van der Waals surface area contributed by atoms with Gasteiger partial charge in [0.2, 0.25) is 0 Å². The molecule has 0 radical (unpaired) electrons. The molecule has 0 aliphatic heterocycles. The average molecular weight is 357 g/mol. The Labute approximate surface area is 130 Å². The molecule has 0 aromatic heterocycles. The van der Waals surface area contributed by atoms with Crippen LogP contribution in [-0.4, -0.2) is 7.11 Å². The first-order chi connectivity index (χ1) is 10.1. The smallest absolute Gasteiger partial charge is 0.165 e. The monoisotopic (exact) mass is 356 g/mol. The Kier molecular flexibility index (Phi) is 5.27. The number of methoxy groups -OCH3 is 1. The summed E-state index contributed by atoms with van der Waals surface area (Å²) in [6.07, 6.45) is 0.352. The van der Waals surface area contributed by atoms with Crippen molar-refractivity contribution in [3.63, 3.8) is 0 Å². The zero-order chi connectivity index (χ0) is 15.4. The highest BCUT2D eigenvalue weighted by molar-refractivity contribution is 9.10. The lowest BCUT2D eigenvalue weighted by Gasteiger charge is -2.18. The molecule has 0 saturated carbocycles. The molecule has 0 amide bonds. The Balaban J connectivity index is 2.27. The Bertz CT molecular complexity index is 637. The molecular weight excluding hydrogens is 342 g/mol. The first kappa shape index (κ1) is 15.9. The molecule has 1 atom stereocenters. The third kappa shape index (κ3) is 3.58. The minimum absolute atomic E-state index is 0.171. The predicted octanol–water partition coefficient (Wildman–Crippen LogP) is 3.48. The zero-order valence-corrected chi connectivity index (χ0v) is 13.0. The number of hydrogen-bond acceptors (Lipinski definition) is 3. The van der Waals surface area contributed by atoms with E-state index >= 15 is 0 Å². The lowest BCUT2D eigenvalue weighted by atomic mass is 9.99. The van der Waals surface area contributed by atoms with E-state index in [1.165, 1.54) is 19.2 Å². The average Bonchev–Trinajstić information content (AvgIpc) is 2.48. The van der Waals surface area contributed by atoms with Crippen molar-refractivity contribution in [2.75, 3.05) is 7.11 Å². The fraction of sp³-hybridized carbons (Fsp3) is 0.200. The molecule has 0 spiro atoms. The van der Waals surface area contributed by atoms with E-state index in [1.807, 2.05) is 0 Å². The molecule has 0 bridgehead atoms. The van der Waals surface area contributed by atoms with E-state index in [0.29, 0.717) is 22.0 Å². The van der Waals surface area contributed by atoms with E-state index in [0.717, 1.165) is 0 Å². The number of halogens is 3. The van der Waals surface area contributed by atoms with Crippen molar-refractivity contribution in [3.8, 4) is 5.75 Å². The SMILES string of the molecule is COc1ccc(CC(NN)c2cccc(Br)c2F)cc1F. The van der Waals surface area contributed by atoms with E-state index < -0.39 is 11.9 Å². The van der Waals surface area contributed by atoms with Gasteiger partial charge in [-0.25, -0.2) is 8.78 Å². The third-order valence-corrected chi connectivity index (χ3v) is 3.83. The van der Waals surface area contributed by atoms with E-state index in [1.54, 1.807) is 24.3 Å². The Morgan fingerprint density at radius 1 is 1.29 bits per heavy atom. The van der Waals surface area contributed by atoms with E-state index in [4.69, 9.17) is 10.6 Å². The van der Waals surface area contributed by atoms with Crippen LogP contribution in [0.2, 0.25) is 0 Å². The highest BCUT2D eigenvalue weighted by Crippen LogP contribution is 2.27. The van der Waals surface area contributed by atoms with Crippen molar-refractivity contribution in [1.29, 1.82) is 0 Å². The van der Waals surface area contributed by atoms with Crippen LogP contribution < -0.4 is 16.0 Å². The largest absolute Gasteiger partial charge is 0.494 e. The van der Waals surface area contributed by atoms with Gasteiger partial charge < -0.3 is 4.74 Å². The second-order valence-corrected chi connectivity index (χ2v) is 5.39. The summed E-state index contributed by atoms with van der Waals surface area (Å²) < 4.78 is 33.0. The summed E-state index contributed by atoms with van der Waals surface area (Å²) in [5.74, 6) is 4.85. The molecule has 1 unspecified atom stereocenters.